The molecular weight excluding hydrogens is 493 g/mol. The SMILES string of the molecule is Cc1cc(F)c(F)c(OCC(=O)[C@H](CC(=O)O)NC(=O)C2CCCCN(C(=O)c3ccccc3)C2)c1F. The molecule has 0 aliphatic carbocycles. The molecule has 1 heterocycles. The van der Waals surface area contributed by atoms with Crippen LogP contribution in [0.5, 0.6) is 5.75 Å². The summed E-state index contributed by atoms with van der Waals surface area (Å²) in [6.07, 6.45) is 0.904. The molecule has 3 rings (SSSR count). The van der Waals surface area contributed by atoms with Gasteiger partial charge in [-0.25, -0.2) is 8.78 Å². The van der Waals surface area contributed by atoms with Crippen LogP contribution in [0, 0.1) is 30.3 Å². The molecule has 1 aliphatic rings. The van der Waals surface area contributed by atoms with Crippen molar-refractivity contribution in [3.05, 3.63) is 65.0 Å². The average Bonchev–Trinajstić information content (AvgIpc) is 3.13. The van der Waals surface area contributed by atoms with Crippen LogP contribution in [0.15, 0.2) is 36.4 Å². The molecule has 1 unspecified atom stereocenters. The summed E-state index contributed by atoms with van der Waals surface area (Å²) in [5.41, 5.74) is 0.214. The predicted octanol–water partition coefficient (Wildman–Crippen LogP) is 3.26. The molecule has 8 nitrogen and oxygen atoms in total. The number of halogens is 3. The lowest BCUT2D eigenvalue weighted by molar-refractivity contribution is -0.141. The number of carboxylic acid groups (broad SMARTS) is 1. The fourth-order valence-corrected chi connectivity index (χ4v) is 4.08. The first-order valence-electron chi connectivity index (χ1n) is 11.7. The normalized spacial score (nSPS) is 16.4. The lowest BCUT2D eigenvalue weighted by atomic mass is 10.0. The van der Waals surface area contributed by atoms with Crippen molar-refractivity contribution in [1.29, 1.82) is 0 Å². The summed E-state index contributed by atoms with van der Waals surface area (Å²) in [6.45, 7) is 0.687. The molecule has 37 heavy (non-hydrogen) atoms. The van der Waals surface area contributed by atoms with Crippen molar-refractivity contribution < 1.29 is 42.2 Å². The van der Waals surface area contributed by atoms with Crippen molar-refractivity contribution in [3.63, 3.8) is 0 Å². The summed E-state index contributed by atoms with van der Waals surface area (Å²) in [5, 5.41) is 11.6. The van der Waals surface area contributed by atoms with E-state index in [1.807, 2.05) is 0 Å². The van der Waals surface area contributed by atoms with Crippen LogP contribution < -0.4 is 10.1 Å². The fraction of sp³-hybridized carbons (Fsp3) is 0.385. The fourth-order valence-electron chi connectivity index (χ4n) is 4.08. The third kappa shape index (κ3) is 7.08. The largest absolute Gasteiger partial charge is 0.481 e. The van der Waals surface area contributed by atoms with Crippen molar-refractivity contribution in [2.45, 2.75) is 38.6 Å². The van der Waals surface area contributed by atoms with Crippen molar-refractivity contribution in [3.8, 4) is 5.75 Å². The van der Waals surface area contributed by atoms with Gasteiger partial charge in [0.1, 0.15) is 12.6 Å². The molecule has 0 aromatic heterocycles. The predicted molar refractivity (Wildman–Crippen MR) is 125 cm³/mol. The number of likely N-dealkylation sites (tertiary alicyclic amines) is 1. The van der Waals surface area contributed by atoms with Gasteiger partial charge in [0.05, 0.1) is 12.3 Å². The Morgan fingerprint density at radius 1 is 1.11 bits per heavy atom. The van der Waals surface area contributed by atoms with Gasteiger partial charge >= 0.3 is 5.97 Å². The van der Waals surface area contributed by atoms with Crippen molar-refractivity contribution in [1.82, 2.24) is 10.2 Å². The lowest BCUT2D eigenvalue weighted by Gasteiger charge is -2.25. The molecule has 1 saturated heterocycles. The zero-order valence-electron chi connectivity index (χ0n) is 20.1. The second-order valence-corrected chi connectivity index (χ2v) is 8.86. The number of nitrogens with one attached hydrogen (secondary N) is 1. The summed E-state index contributed by atoms with van der Waals surface area (Å²) in [7, 11) is 0. The minimum atomic E-state index is -1.63. The van der Waals surface area contributed by atoms with Gasteiger partial charge in [-0.1, -0.05) is 24.6 Å². The smallest absolute Gasteiger partial charge is 0.305 e. The first-order chi connectivity index (χ1) is 17.6. The van der Waals surface area contributed by atoms with Crippen LogP contribution >= 0.6 is 0 Å². The summed E-state index contributed by atoms with van der Waals surface area (Å²) in [6, 6.07) is 7.62. The summed E-state index contributed by atoms with van der Waals surface area (Å²) >= 11 is 0. The maximum Gasteiger partial charge on any atom is 0.305 e. The quantitative estimate of drug-likeness (QED) is 0.491. The molecule has 0 radical (unpaired) electrons. The number of benzene rings is 2. The Balaban J connectivity index is 1.69. The number of ketones is 1. The monoisotopic (exact) mass is 520 g/mol. The highest BCUT2D eigenvalue weighted by molar-refractivity contribution is 5.95. The third-order valence-corrected chi connectivity index (χ3v) is 6.09. The van der Waals surface area contributed by atoms with Gasteiger partial charge in [-0.2, -0.15) is 4.39 Å². The Morgan fingerprint density at radius 3 is 2.49 bits per heavy atom. The molecule has 2 atom stereocenters. The van der Waals surface area contributed by atoms with Crippen LogP contribution in [0.3, 0.4) is 0 Å². The second-order valence-electron chi connectivity index (χ2n) is 8.86. The van der Waals surface area contributed by atoms with Gasteiger partial charge in [0, 0.05) is 18.7 Å². The summed E-state index contributed by atoms with van der Waals surface area (Å²) < 4.78 is 46.6. The molecule has 0 saturated carbocycles. The van der Waals surface area contributed by atoms with Crippen molar-refractivity contribution in [2.75, 3.05) is 19.7 Å². The lowest BCUT2D eigenvalue weighted by Crippen LogP contribution is -2.48. The number of carbonyl (C=O) groups is 4. The molecule has 2 amide bonds. The van der Waals surface area contributed by atoms with E-state index < -0.39 is 65.8 Å². The Kier molecular flexibility index (Phi) is 9.26. The number of rotatable bonds is 9. The van der Waals surface area contributed by atoms with E-state index in [1.54, 1.807) is 35.2 Å². The van der Waals surface area contributed by atoms with Crippen LogP contribution in [0.4, 0.5) is 13.2 Å². The highest BCUT2D eigenvalue weighted by Crippen LogP contribution is 2.27. The Labute approximate surface area is 211 Å². The zero-order chi connectivity index (χ0) is 27.1. The van der Waals surface area contributed by atoms with E-state index in [2.05, 4.69) is 5.32 Å². The number of carbonyl (C=O) groups excluding carboxylic acids is 3. The van der Waals surface area contributed by atoms with Gasteiger partial charge in [0.25, 0.3) is 5.91 Å². The molecule has 2 aromatic rings. The average molecular weight is 521 g/mol. The highest BCUT2D eigenvalue weighted by Gasteiger charge is 2.32. The number of amides is 2. The molecule has 2 aromatic carbocycles. The van der Waals surface area contributed by atoms with E-state index in [4.69, 9.17) is 4.74 Å². The van der Waals surface area contributed by atoms with E-state index in [9.17, 15) is 37.5 Å². The number of Topliss-reactive ketones (excluding diaryl/α,β-unsaturated/α-hetero) is 1. The number of carboxylic acids is 1. The van der Waals surface area contributed by atoms with E-state index in [-0.39, 0.29) is 18.0 Å². The van der Waals surface area contributed by atoms with Gasteiger partial charge in [-0.3, -0.25) is 19.2 Å². The highest BCUT2D eigenvalue weighted by atomic mass is 19.2. The van der Waals surface area contributed by atoms with Crippen LogP contribution in [0.1, 0.15) is 41.6 Å². The Hall–Kier alpha value is -3.89. The zero-order valence-corrected chi connectivity index (χ0v) is 20.1. The number of hydrogen-bond acceptors (Lipinski definition) is 5. The van der Waals surface area contributed by atoms with Crippen LogP contribution in [-0.2, 0) is 14.4 Å². The molecule has 1 fully saturated rings. The molecule has 0 bridgehead atoms. The maximum absolute atomic E-state index is 14.2. The molecule has 1 aliphatic heterocycles. The molecule has 198 valence electrons. The molecule has 0 spiro atoms. The Morgan fingerprint density at radius 2 is 1.81 bits per heavy atom. The Bertz CT molecular complexity index is 1150. The number of ether oxygens (including phenoxy) is 1. The maximum atomic E-state index is 14.2. The topological polar surface area (TPSA) is 113 Å². The van der Waals surface area contributed by atoms with Gasteiger partial charge in [0.15, 0.2) is 23.2 Å². The number of aliphatic carboxylic acids is 1. The van der Waals surface area contributed by atoms with E-state index in [0.717, 1.165) is 0 Å². The number of nitrogens with zero attached hydrogens (tertiary/aromatic N) is 1. The molecule has 2 N–H and O–H groups in total. The van der Waals surface area contributed by atoms with Gasteiger partial charge in [-0.05, 0) is 43.5 Å². The standard InChI is InChI=1S/C26H27F3N2O6/c1-15-11-18(27)23(29)24(22(15)28)37-14-20(32)19(12-21(33)34)30-25(35)17-9-5-6-10-31(13-17)26(36)16-7-3-2-4-8-16/h2-4,7-8,11,17,19H,5-6,9-10,12-14H2,1H3,(H,30,35)(H,33,34)/t17?,19-/m0/s1. The number of hydrogen-bond donors (Lipinski definition) is 2. The third-order valence-electron chi connectivity index (χ3n) is 6.09. The van der Waals surface area contributed by atoms with Gasteiger partial charge in [0.2, 0.25) is 11.7 Å². The second kappa shape index (κ2) is 12.4. The van der Waals surface area contributed by atoms with E-state index in [0.29, 0.717) is 37.4 Å². The van der Waals surface area contributed by atoms with Crippen LogP contribution in [-0.4, -0.2) is 59.3 Å². The minimum absolute atomic E-state index is 0.0725. The van der Waals surface area contributed by atoms with Gasteiger partial charge < -0.3 is 20.1 Å². The number of aryl methyl sites for hydroxylation is 1. The van der Waals surface area contributed by atoms with Crippen molar-refractivity contribution >= 4 is 23.6 Å². The van der Waals surface area contributed by atoms with E-state index >= 15 is 0 Å². The first-order valence-corrected chi connectivity index (χ1v) is 11.7. The summed E-state index contributed by atoms with van der Waals surface area (Å²) in [5.74, 6) is -9.27. The van der Waals surface area contributed by atoms with Crippen LogP contribution in [0.25, 0.3) is 0 Å². The minimum Gasteiger partial charge on any atom is -0.481 e. The van der Waals surface area contributed by atoms with Crippen molar-refractivity contribution in [2.24, 2.45) is 5.92 Å². The first kappa shape index (κ1) is 27.7. The van der Waals surface area contributed by atoms with E-state index in [1.165, 1.54) is 6.92 Å². The molecule has 11 heteroatoms. The molecular formula is C26H27F3N2O6. The summed E-state index contributed by atoms with van der Waals surface area (Å²) in [4.78, 5) is 51.5. The van der Waals surface area contributed by atoms with Gasteiger partial charge in [-0.15, -0.1) is 0 Å². The van der Waals surface area contributed by atoms with Crippen LogP contribution in [0.2, 0.25) is 0 Å².